The maximum absolute atomic E-state index is 12.4. The van der Waals surface area contributed by atoms with E-state index in [1.54, 1.807) is 24.3 Å². The Hall–Kier alpha value is -3.06. The van der Waals surface area contributed by atoms with Crippen molar-refractivity contribution in [1.29, 1.82) is 0 Å². The molecule has 0 bridgehead atoms. The van der Waals surface area contributed by atoms with Gasteiger partial charge < -0.3 is 9.72 Å². The van der Waals surface area contributed by atoms with Gasteiger partial charge in [-0.2, -0.15) is 0 Å². The molecule has 1 aromatic heterocycles. The van der Waals surface area contributed by atoms with Crippen molar-refractivity contribution in [2.24, 2.45) is 0 Å². The minimum atomic E-state index is -4.70. The summed E-state index contributed by atoms with van der Waals surface area (Å²) in [5.41, 5.74) is 4.13. The quantitative estimate of drug-likeness (QED) is 0.370. The monoisotopic (exact) mass is 473 g/mol. The number of H-pyrrole nitrogens is 1. The van der Waals surface area contributed by atoms with Crippen molar-refractivity contribution in [2.45, 2.75) is 12.8 Å². The number of pyridine rings is 1. The van der Waals surface area contributed by atoms with Gasteiger partial charge in [-0.3, -0.25) is 4.79 Å². The first-order valence-electron chi connectivity index (χ1n) is 9.03. The van der Waals surface area contributed by atoms with E-state index in [1.807, 2.05) is 36.4 Å². The number of rotatable bonds is 4. The molecule has 0 aliphatic rings. The highest BCUT2D eigenvalue weighted by Crippen LogP contribution is 2.25. The predicted octanol–water partition coefficient (Wildman–Crippen LogP) is 6.45. The largest absolute Gasteiger partial charge is 0.573 e. The minimum Gasteiger partial charge on any atom is -0.406 e. The molecule has 7 heteroatoms. The Balaban J connectivity index is 1.53. The Morgan fingerprint density at radius 1 is 0.867 bits per heavy atom. The van der Waals surface area contributed by atoms with Gasteiger partial charge in [0.1, 0.15) is 5.75 Å². The van der Waals surface area contributed by atoms with Crippen LogP contribution in [-0.4, -0.2) is 11.3 Å². The zero-order chi connectivity index (χ0) is 21.3. The fourth-order valence-corrected chi connectivity index (χ4v) is 3.59. The van der Waals surface area contributed by atoms with Gasteiger partial charge in [0.15, 0.2) is 5.43 Å². The van der Waals surface area contributed by atoms with Gasteiger partial charge >= 0.3 is 6.36 Å². The second-order valence-corrected chi connectivity index (χ2v) is 7.72. The van der Waals surface area contributed by atoms with Crippen molar-refractivity contribution in [1.82, 2.24) is 4.98 Å². The van der Waals surface area contributed by atoms with Gasteiger partial charge in [0.2, 0.25) is 0 Å². The number of benzene rings is 3. The molecule has 0 fully saturated rings. The van der Waals surface area contributed by atoms with Crippen molar-refractivity contribution >= 4 is 26.8 Å². The lowest BCUT2D eigenvalue weighted by atomic mass is 10.0. The van der Waals surface area contributed by atoms with Crippen LogP contribution in [0.25, 0.3) is 22.2 Å². The number of ether oxygens (including phenoxy) is 1. The molecule has 30 heavy (non-hydrogen) atoms. The molecule has 0 spiro atoms. The summed E-state index contributed by atoms with van der Waals surface area (Å²) in [6.07, 6.45) is -4.13. The SMILES string of the molecule is O=c1cc(-c2ccc(Cc3ccc(OC(F)(F)F)cc3)cc2)[nH]c2cc(Br)ccc12. The summed E-state index contributed by atoms with van der Waals surface area (Å²) in [5, 5.41) is 0.622. The number of hydrogen-bond donors (Lipinski definition) is 1. The first kappa shape index (κ1) is 20.2. The number of nitrogens with one attached hydrogen (secondary N) is 1. The zero-order valence-electron chi connectivity index (χ0n) is 15.5. The molecule has 152 valence electrons. The van der Waals surface area contributed by atoms with Crippen LogP contribution >= 0.6 is 15.9 Å². The molecule has 4 aromatic rings. The highest BCUT2D eigenvalue weighted by Gasteiger charge is 2.30. The van der Waals surface area contributed by atoms with Crippen molar-refractivity contribution in [3.05, 3.63) is 98.6 Å². The molecule has 3 nitrogen and oxygen atoms in total. The number of alkyl halides is 3. The van der Waals surface area contributed by atoms with Crippen LogP contribution in [0.1, 0.15) is 11.1 Å². The second kappa shape index (κ2) is 7.99. The van der Waals surface area contributed by atoms with Gasteiger partial charge in [-0.15, -0.1) is 13.2 Å². The normalized spacial score (nSPS) is 11.6. The van der Waals surface area contributed by atoms with Crippen LogP contribution in [0.15, 0.2) is 82.1 Å². The summed E-state index contributed by atoms with van der Waals surface area (Å²) >= 11 is 3.41. The molecule has 0 amide bonds. The third-order valence-electron chi connectivity index (χ3n) is 4.62. The lowest BCUT2D eigenvalue weighted by molar-refractivity contribution is -0.274. The van der Waals surface area contributed by atoms with Crippen molar-refractivity contribution in [3.8, 4) is 17.0 Å². The molecular formula is C23H15BrF3NO2. The predicted molar refractivity (Wildman–Crippen MR) is 114 cm³/mol. The van der Waals surface area contributed by atoms with Crippen LogP contribution in [0.5, 0.6) is 5.75 Å². The molecule has 0 aliphatic heterocycles. The average Bonchev–Trinajstić information content (AvgIpc) is 2.68. The number of aromatic amines is 1. The van der Waals surface area contributed by atoms with Gasteiger partial charge in [0.25, 0.3) is 0 Å². The summed E-state index contributed by atoms with van der Waals surface area (Å²) in [4.78, 5) is 15.7. The van der Waals surface area contributed by atoms with E-state index in [1.165, 1.54) is 12.1 Å². The zero-order valence-corrected chi connectivity index (χ0v) is 17.0. The maximum atomic E-state index is 12.4. The Bertz CT molecular complexity index is 1250. The number of fused-ring (bicyclic) bond motifs is 1. The molecular weight excluding hydrogens is 459 g/mol. The first-order valence-corrected chi connectivity index (χ1v) is 9.83. The summed E-state index contributed by atoms with van der Waals surface area (Å²) in [5.74, 6) is -0.242. The number of hydrogen-bond acceptors (Lipinski definition) is 2. The van der Waals surface area contributed by atoms with Crippen LogP contribution in [-0.2, 0) is 6.42 Å². The molecule has 0 aliphatic carbocycles. The van der Waals surface area contributed by atoms with E-state index < -0.39 is 6.36 Å². The van der Waals surface area contributed by atoms with E-state index in [4.69, 9.17) is 0 Å². The van der Waals surface area contributed by atoms with Crippen molar-refractivity contribution < 1.29 is 17.9 Å². The summed E-state index contributed by atoms with van der Waals surface area (Å²) in [7, 11) is 0. The smallest absolute Gasteiger partial charge is 0.406 e. The highest BCUT2D eigenvalue weighted by molar-refractivity contribution is 9.10. The van der Waals surface area contributed by atoms with E-state index in [-0.39, 0.29) is 11.2 Å². The second-order valence-electron chi connectivity index (χ2n) is 6.80. The van der Waals surface area contributed by atoms with Crippen molar-refractivity contribution in [2.75, 3.05) is 0 Å². The third kappa shape index (κ3) is 4.74. The molecule has 3 aromatic carbocycles. The summed E-state index contributed by atoms with van der Waals surface area (Å²) in [6.45, 7) is 0. The lowest BCUT2D eigenvalue weighted by Gasteiger charge is -2.10. The van der Waals surface area contributed by atoms with Crippen LogP contribution in [0, 0.1) is 0 Å². The van der Waals surface area contributed by atoms with E-state index in [0.29, 0.717) is 17.5 Å². The molecule has 0 radical (unpaired) electrons. The molecule has 1 N–H and O–H groups in total. The van der Waals surface area contributed by atoms with Gasteiger partial charge in [-0.05, 0) is 53.4 Å². The first-order chi connectivity index (χ1) is 14.3. The fraction of sp³-hybridized carbons (Fsp3) is 0.0870. The Morgan fingerprint density at radius 3 is 2.13 bits per heavy atom. The summed E-state index contributed by atoms with van der Waals surface area (Å²) < 4.78 is 41.5. The van der Waals surface area contributed by atoms with Gasteiger partial charge in [0.05, 0.1) is 5.52 Å². The van der Waals surface area contributed by atoms with Gasteiger partial charge in [-0.1, -0.05) is 52.3 Å². The standard InChI is InChI=1S/C23H15BrF3NO2/c24-17-7-10-19-21(12-17)28-20(13-22(19)29)16-5-1-14(2-6-16)11-15-3-8-18(9-4-15)30-23(25,26)27/h1-10,12-13H,11H2,(H,28,29). The fourth-order valence-electron chi connectivity index (χ4n) is 3.23. The van der Waals surface area contributed by atoms with Crippen LogP contribution in [0.3, 0.4) is 0 Å². The van der Waals surface area contributed by atoms with E-state index in [2.05, 4.69) is 25.7 Å². The molecule has 0 saturated heterocycles. The van der Waals surface area contributed by atoms with Gasteiger partial charge in [0, 0.05) is 21.6 Å². The summed E-state index contributed by atoms with van der Waals surface area (Å²) in [6, 6.07) is 20.5. The highest BCUT2D eigenvalue weighted by atomic mass is 79.9. The molecule has 0 saturated carbocycles. The molecule has 4 rings (SSSR count). The third-order valence-corrected chi connectivity index (χ3v) is 5.12. The average molecular weight is 474 g/mol. The number of aromatic nitrogens is 1. The molecule has 0 unspecified atom stereocenters. The Labute approximate surface area is 178 Å². The maximum Gasteiger partial charge on any atom is 0.573 e. The Morgan fingerprint density at radius 2 is 1.50 bits per heavy atom. The van der Waals surface area contributed by atoms with E-state index in [0.717, 1.165) is 26.7 Å². The van der Waals surface area contributed by atoms with E-state index in [9.17, 15) is 18.0 Å². The Kier molecular flexibility index (Phi) is 5.39. The lowest BCUT2D eigenvalue weighted by Crippen LogP contribution is -2.17. The minimum absolute atomic E-state index is 0.0588. The van der Waals surface area contributed by atoms with Crippen molar-refractivity contribution in [3.63, 3.8) is 0 Å². The topological polar surface area (TPSA) is 42.1 Å². The molecule has 1 heterocycles. The van der Waals surface area contributed by atoms with Crippen LogP contribution in [0.4, 0.5) is 13.2 Å². The van der Waals surface area contributed by atoms with E-state index >= 15 is 0 Å². The molecule has 0 atom stereocenters. The van der Waals surface area contributed by atoms with Crippen LogP contribution in [0.2, 0.25) is 0 Å². The van der Waals surface area contributed by atoms with Crippen LogP contribution < -0.4 is 10.2 Å². The van der Waals surface area contributed by atoms with Gasteiger partial charge in [-0.25, -0.2) is 0 Å². The number of halogens is 4.